The highest BCUT2D eigenvalue weighted by molar-refractivity contribution is 6.30. The van der Waals surface area contributed by atoms with Crippen molar-refractivity contribution in [2.75, 3.05) is 31.1 Å². The molecular formula is C24H23ClFN7O. The molecule has 10 heteroatoms. The van der Waals surface area contributed by atoms with Gasteiger partial charge in [0.2, 0.25) is 0 Å². The Morgan fingerprint density at radius 3 is 2.79 bits per heavy atom. The van der Waals surface area contributed by atoms with Crippen LogP contribution in [0, 0.1) is 5.82 Å². The van der Waals surface area contributed by atoms with Gasteiger partial charge in [-0.2, -0.15) is 5.10 Å². The van der Waals surface area contributed by atoms with E-state index in [0.29, 0.717) is 53.4 Å². The Balaban J connectivity index is 1.67. The van der Waals surface area contributed by atoms with E-state index in [9.17, 15) is 9.18 Å². The van der Waals surface area contributed by atoms with Crippen molar-refractivity contribution in [3.05, 3.63) is 65.2 Å². The van der Waals surface area contributed by atoms with E-state index in [1.807, 2.05) is 23.1 Å². The number of nitrogens with zero attached hydrogens (tertiary/aromatic N) is 5. The number of pyridine rings is 2. The summed E-state index contributed by atoms with van der Waals surface area (Å²) in [6.07, 6.45) is 2.49. The molecule has 1 amide bonds. The first-order valence-electron chi connectivity index (χ1n) is 11.0. The number of benzene rings is 1. The first-order valence-corrected chi connectivity index (χ1v) is 11.4. The van der Waals surface area contributed by atoms with Crippen LogP contribution in [-0.2, 0) is 7.05 Å². The number of amides is 1. The third kappa shape index (κ3) is 4.32. The summed E-state index contributed by atoms with van der Waals surface area (Å²) in [7, 11) is 1.74. The lowest BCUT2D eigenvalue weighted by atomic mass is 10.2. The van der Waals surface area contributed by atoms with E-state index < -0.39 is 5.82 Å². The van der Waals surface area contributed by atoms with Crippen LogP contribution in [0.25, 0.3) is 22.4 Å². The lowest BCUT2D eigenvalue weighted by molar-refractivity contribution is 0.0944. The van der Waals surface area contributed by atoms with Gasteiger partial charge in [-0.15, -0.1) is 0 Å². The van der Waals surface area contributed by atoms with E-state index in [0.717, 1.165) is 18.7 Å². The van der Waals surface area contributed by atoms with Crippen LogP contribution in [0.3, 0.4) is 0 Å². The Hall–Kier alpha value is -3.56. The van der Waals surface area contributed by atoms with Crippen LogP contribution in [-0.4, -0.2) is 51.8 Å². The SMILES string of the molecule is Cn1nc2cc1C(=O)NCCCNCCN(c1ccc(Cl)c(F)c1)c1ccnc3ccc-2nc13. The summed E-state index contributed by atoms with van der Waals surface area (Å²) >= 11 is 5.94. The van der Waals surface area contributed by atoms with E-state index >= 15 is 0 Å². The Bertz CT molecular complexity index is 1370. The molecule has 5 rings (SSSR count). The van der Waals surface area contributed by atoms with Gasteiger partial charge in [0.15, 0.2) is 0 Å². The van der Waals surface area contributed by atoms with Crippen LogP contribution in [0.4, 0.5) is 15.8 Å². The van der Waals surface area contributed by atoms with Gasteiger partial charge in [-0.05, 0) is 55.4 Å². The Morgan fingerprint density at radius 1 is 1.06 bits per heavy atom. The number of rotatable bonds is 1. The number of nitrogens with one attached hydrogen (secondary N) is 2. The molecule has 8 nitrogen and oxygen atoms in total. The molecule has 0 spiro atoms. The molecule has 3 aromatic heterocycles. The number of carbonyl (C=O) groups excluding carboxylic acids is 1. The highest BCUT2D eigenvalue weighted by Gasteiger charge is 2.19. The summed E-state index contributed by atoms with van der Waals surface area (Å²) in [5.41, 5.74) is 4.46. The van der Waals surface area contributed by atoms with Gasteiger partial charge in [0, 0.05) is 38.6 Å². The average molecular weight is 480 g/mol. The number of fused-ring (bicyclic) bond motifs is 4. The third-order valence-corrected chi connectivity index (χ3v) is 6.08. The number of carbonyl (C=O) groups is 1. The first-order chi connectivity index (χ1) is 16.5. The Labute approximate surface area is 200 Å². The molecule has 2 N–H and O–H groups in total. The van der Waals surface area contributed by atoms with Gasteiger partial charge in [0.25, 0.3) is 5.91 Å². The molecule has 0 saturated carbocycles. The van der Waals surface area contributed by atoms with Gasteiger partial charge in [-0.25, -0.2) is 9.37 Å². The van der Waals surface area contributed by atoms with E-state index in [1.165, 1.54) is 6.07 Å². The molecule has 0 atom stereocenters. The van der Waals surface area contributed by atoms with Crippen molar-refractivity contribution in [3.8, 4) is 11.4 Å². The highest BCUT2D eigenvalue weighted by atomic mass is 35.5. The summed E-state index contributed by atoms with van der Waals surface area (Å²) in [6.45, 7) is 2.46. The van der Waals surface area contributed by atoms with Crippen LogP contribution >= 0.6 is 11.6 Å². The molecule has 1 aliphatic heterocycles. The maximum absolute atomic E-state index is 14.4. The predicted octanol–water partition coefficient (Wildman–Crippen LogP) is 3.68. The number of anilines is 2. The number of aryl methyl sites for hydroxylation is 1. The Morgan fingerprint density at radius 2 is 1.94 bits per heavy atom. The van der Waals surface area contributed by atoms with Crippen LogP contribution in [0.5, 0.6) is 0 Å². The highest BCUT2D eigenvalue weighted by Crippen LogP contribution is 2.33. The molecule has 34 heavy (non-hydrogen) atoms. The molecule has 4 heterocycles. The fraction of sp³-hybridized carbons (Fsp3) is 0.250. The molecule has 0 fully saturated rings. The summed E-state index contributed by atoms with van der Waals surface area (Å²) in [4.78, 5) is 23.9. The maximum atomic E-state index is 14.4. The van der Waals surface area contributed by atoms with Crippen molar-refractivity contribution in [1.29, 1.82) is 0 Å². The van der Waals surface area contributed by atoms with E-state index in [2.05, 4.69) is 20.7 Å². The topological polar surface area (TPSA) is 88.0 Å². The Kier molecular flexibility index (Phi) is 6.12. The van der Waals surface area contributed by atoms with Crippen molar-refractivity contribution >= 4 is 39.9 Å². The van der Waals surface area contributed by atoms with Gasteiger partial charge < -0.3 is 15.5 Å². The smallest absolute Gasteiger partial charge is 0.269 e. The van der Waals surface area contributed by atoms with Crippen molar-refractivity contribution in [2.45, 2.75) is 6.42 Å². The standard InChI is InChI=1S/C24H23ClFN7O/c1-32-22-14-20(31-32)18-5-6-19-23(30-18)21(7-10-28-19)33(15-3-4-16(25)17(26)13-15)12-11-27-8-2-9-29-24(22)34/h3-7,10,13-14,27H,2,8-9,11-12H2,1H3,(H,29,34). The van der Waals surface area contributed by atoms with Gasteiger partial charge in [0.1, 0.15) is 22.7 Å². The van der Waals surface area contributed by atoms with Gasteiger partial charge >= 0.3 is 0 Å². The fourth-order valence-corrected chi connectivity index (χ4v) is 4.16. The van der Waals surface area contributed by atoms with Gasteiger partial charge in [0.05, 0.1) is 21.9 Å². The maximum Gasteiger partial charge on any atom is 0.269 e. The second-order valence-electron chi connectivity index (χ2n) is 8.04. The number of hydrogen-bond acceptors (Lipinski definition) is 6. The van der Waals surface area contributed by atoms with Crippen molar-refractivity contribution in [2.24, 2.45) is 7.05 Å². The minimum atomic E-state index is -0.483. The molecule has 0 saturated heterocycles. The molecule has 4 aromatic rings. The fourth-order valence-electron chi connectivity index (χ4n) is 4.04. The van der Waals surface area contributed by atoms with Gasteiger partial charge in [-0.3, -0.25) is 14.5 Å². The zero-order valence-electron chi connectivity index (χ0n) is 18.6. The summed E-state index contributed by atoms with van der Waals surface area (Å²) in [6, 6.07) is 12.1. The van der Waals surface area contributed by atoms with E-state index in [4.69, 9.17) is 16.6 Å². The molecule has 1 aromatic carbocycles. The van der Waals surface area contributed by atoms with E-state index in [1.54, 1.807) is 36.1 Å². The van der Waals surface area contributed by atoms with Crippen molar-refractivity contribution in [3.63, 3.8) is 0 Å². The number of halogens is 2. The second kappa shape index (κ2) is 9.36. The molecule has 0 aliphatic carbocycles. The zero-order valence-corrected chi connectivity index (χ0v) is 19.3. The lowest BCUT2D eigenvalue weighted by Crippen LogP contribution is -2.32. The molecule has 1 aliphatic rings. The van der Waals surface area contributed by atoms with Crippen LogP contribution in [0.15, 0.2) is 48.7 Å². The second-order valence-corrected chi connectivity index (χ2v) is 8.45. The average Bonchev–Trinajstić information content (AvgIpc) is 3.23. The summed E-state index contributed by atoms with van der Waals surface area (Å²) in [5, 5.41) is 10.9. The predicted molar refractivity (Wildman–Crippen MR) is 130 cm³/mol. The zero-order chi connectivity index (χ0) is 23.7. The molecule has 174 valence electrons. The molecular weight excluding hydrogens is 457 g/mol. The molecule has 0 unspecified atom stereocenters. The molecule has 0 radical (unpaired) electrons. The lowest BCUT2D eigenvalue weighted by Gasteiger charge is -2.26. The number of hydrogen-bond donors (Lipinski definition) is 2. The number of aromatic nitrogens is 4. The van der Waals surface area contributed by atoms with Crippen LogP contribution < -0.4 is 15.5 Å². The van der Waals surface area contributed by atoms with Crippen LogP contribution in [0.2, 0.25) is 5.02 Å². The van der Waals surface area contributed by atoms with Crippen molar-refractivity contribution in [1.82, 2.24) is 30.4 Å². The monoisotopic (exact) mass is 479 g/mol. The first kappa shape index (κ1) is 22.2. The van der Waals surface area contributed by atoms with E-state index in [-0.39, 0.29) is 10.9 Å². The summed E-state index contributed by atoms with van der Waals surface area (Å²) < 4.78 is 15.9. The van der Waals surface area contributed by atoms with Crippen molar-refractivity contribution < 1.29 is 9.18 Å². The van der Waals surface area contributed by atoms with Crippen LogP contribution in [0.1, 0.15) is 16.9 Å². The normalized spacial score (nSPS) is 15.0. The minimum Gasteiger partial charge on any atom is -0.351 e. The van der Waals surface area contributed by atoms with Gasteiger partial charge in [-0.1, -0.05) is 11.6 Å². The quantitative estimate of drug-likeness (QED) is 0.433. The largest absolute Gasteiger partial charge is 0.351 e. The minimum absolute atomic E-state index is 0.0734. The third-order valence-electron chi connectivity index (χ3n) is 5.77. The summed E-state index contributed by atoms with van der Waals surface area (Å²) in [5.74, 6) is -0.657. The molecule has 4 bridgehead atoms.